The number of nitrogens with zero attached hydrogens (tertiary/aromatic N) is 3. The predicted molar refractivity (Wildman–Crippen MR) is 116 cm³/mol. The van der Waals surface area contributed by atoms with Crippen molar-refractivity contribution in [3.8, 4) is 21.0 Å². The van der Waals surface area contributed by atoms with Crippen molar-refractivity contribution in [2.24, 2.45) is 10.7 Å². The maximum atomic E-state index is 12.4. The van der Waals surface area contributed by atoms with Gasteiger partial charge in [-0.3, -0.25) is 0 Å². The Labute approximate surface area is 176 Å². The number of aliphatic imine (C=N–C) groups is 1. The molecule has 10 heteroatoms. The Morgan fingerprint density at radius 3 is 2.54 bits per heavy atom. The van der Waals surface area contributed by atoms with Crippen LogP contribution in [0, 0.1) is 0 Å². The molecule has 0 fully saturated rings. The van der Waals surface area contributed by atoms with Gasteiger partial charge in [-0.2, -0.15) is 0 Å². The number of halogens is 1. The van der Waals surface area contributed by atoms with Crippen LogP contribution in [0.25, 0.3) is 21.0 Å². The van der Waals surface area contributed by atoms with Gasteiger partial charge >= 0.3 is 0 Å². The van der Waals surface area contributed by atoms with Crippen molar-refractivity contribution < 1.29 is 8.42 Å². The van der Waals surface area contributed by atoms with E-state index in [1.165, 1.54) is 18.4 Å². The topological polar surface area (TPSA) is 88.7 Å². The fourth-order valence-electron chi connectivity index (χ4n) is 3.09. The smallest absolute Gasteiger partial charge is 0.239 e. The van der Waals surface area contributed by atoms with E-state index in [0.29, 0.717) is 9.90 Å². The van der Waals surface area contributed by atoms with E-state index in [2.05, 4.69) is 9.98 Å². The molecular formula is C18H17ClN4O2S3. The van der Waals surface area contributed by atoms with Gasteiger partial charge in [-0.1, -0.05) is 35.9 Å². The van der Waals surface area contributed by atoms with Crippen molar-refractivity contribution in [2.75, 3.05) is 12.8 Å². The maximum Gasteiger partial charge on any atom is 0.239 e. The van der Waals surface area contributed by atoms with E-state index in [9.17, 15) is 8.42 Å². The first-order chi connectivity index (χ1) is 13.2. The van der Waals surface area contributed by atoms with Crippen molar-refractivity contribution in [2.45, 2.75) is 12.5 Å². The zero-order valence-electron chi connectivity index (χ0n) is 15.1. The third kappa shape index (κ3) is 3.32. The molecule has 0 spiro atoms. The van der Waals surface area contributed by atoms with E-state index in [4.69, 9.17) is 17.3 Å². The van der Waals surface area contributed by atoms with Crippen molar-refractivity contribution in [3.63, 3.8) is 0 Å². The summed E-state index contributed by atoms with van der Waals surface area (Å²) in [4.78, 5) is 10.4. The largest absolute Gasteiger partial charge is 0.369 e. The van der Waals surface area contributed by atoms with Gasteiger partial charge in [-0.15, -0.1) is 22.7 Å². The van der Waals surface area contributed by atoms with Crippen LogP contribution in [0.2, 0.25) is 5.02 Å². The minimum Gasteiger partial charge on any atom is -0.369 e. The van der Waals surface area contributed by atoms with Crippen LogP contribution in [-0.2, 0) is 15.6 Å². The second-order valence-electron chi connectivity index (χ2n) is 6.67. The van der Waals surface area contributed by atoms with Crippen LogP contribution in [0.5, 0.6) is 0 Å². The molecule has 6 nitrogen and oxygen atoms in total. The Morgan fingerprint density at radius 2 is 1.93 bits per heavy atom. The number of benzene rings is 1. The molecule has 0 radical (unpaired) electrons. The molecule has 4 rings (SSSR count). The van der Waals surface area contributed by atoms with Crippen LogP contribution < -0.4 is 5.73 Å². The van der Waals surface area contributed by atoms with Crippen molar-refractivity contribution in [1.82, 2.24) is 9.29 Å². The predicted octanol–water partition coefficient (Wildman–Crippen LogP) is 4.00. The molecule has 2 N–H and O–H groups in total. The van der Waals surface area contributed by atoms with Gasteiger partial charge in [0, 0.05) is 29.1 Å². The first-order valence-electron chi connectivity index (χ1n) is 8.32. The molecule has 28 heavy (non-hydrogen) atoms. The number of nitrogens with two attached hydrogens (primary N) is 1. The lowest BCUT2D eigenvalue weighted by molar-refractivity contribution is 0.482. The average Bonchev–Trinajstić information content (AvgIpc) is 3.29. The number of hydrogen-bond donors (Lipinski definition) is 1. The Balaban J connectivity index is 1.71. The molecule has 0 saturated carbocycles. The van der Waals surface area contributed by atoms with E-state index in [0.717, 1.165) is 25.3 Å². The van der Waals surface area contributed by atoms with Crippen molar-refractivity contribution in [1.29, 1.82) is 0 Å². The van der Waals surface area contributed by atoms with E-state index in [-0.39, 0.29) is 11.7 Å². The number of guanidine groups is 1. The highest BCUT2D eigenvalue weighted by Crippen LogP contribution is 2.44. The lowest BCUT2D eigenvalue weighted by Gasteiger charge is -2.33. The van der Waals surface area contributed by atoms with Crippen LogP contribution in [0.4, 0.5) is 0 Å². The lowest BCUT2D eigenvalue weighted by atomic mass is 10.0. The van der Waals surface area contributed by atoms with E-state index < -0.39 is 15.6 Å². The number of thiazole rings is 1. The van der Waals surface area contributed by atoms with Gasteiger partial charge in [-0.05, 0) is 18.6 Å². The summed E-state index contributed by atoms with van der Waals surface area (Å²) < 4.78 is 25.9. The van der Waals surface area contributed by atoms with Gasteiger partial charge in [0.15, 0.2) is 0 Å². The van der Waals surface area contributed by atoms with Crippen molar-refractivity contribution >= 4 is 50.3 Å². The van der Waals surface area contributed by atoms with E-state index >= 15 is 0 Å². The minimum atomic E-state index is -3.55. The van der Waals surface area contributed by atoms with Gasteiger partial charge in [0.05, 0.1) is 15.7 Å². The molecule has 0 unspecified atom stereocenters. The highest BCUT2D eigenvalue weighted by molar-refractivity contribution is 7.89. The molecule has 2 aromatic heterocycles. The third-order valence-corrected chi connectivity index (χ3v) is 9.21. The molecule has 0 bridgehead atoms. The summed E-state index contributed by atoms with van der Waals surface area (Å²) >= 11 is 9.51. The molecule has 1 aliphatic rings. The monoisotopic (exact) mass is 452 g/mol. The molecule has 0 aliphatic carbocycles. The van der Waals surface area contributed by atoms with Gasteiger partial charge in [0.2, 0.25) is 16.0 Å². The number of sulfonamides is 1. The summed E-state index contributed by atoms with van der Waals surface area (Å²) in [5.41, 5.74) is 6.88. The Kier molecular flexibility index (Phi) is 4.73. The highest BCUT2D eigenvalue weighted by atomic mass is 35.5. The number of aromatic nitrogens is 1. The molecule has 146 valence electrons. The van der Waals surface area contributed by atoms with E-state index in [1.54, 1.807) is 24.5 Å². The van der Waals surface area contributed by atoms with Crippen LogP contribution in [0.15, 0.2) is 46.9 Å². The maximum absolute atomic E-state index is 12.4. The van der Waals surface area contributed by atoms with Gasteiger partial charge in [-0.25, -0.2) is 22.7 Å². The van der Waals surface area contributed by atoms with Crippen LogP contribution >= 0.6 is 34.3 Å². The number of hydrogen-bond acceptors (Lipinski definition) is 7. The van der Waals surface area contributed by atoms with Gasteiger partial charge < -0.3 is 5.73 Å². The first-order valence-corrected chi connectivity index (χ1v) is 12.0. The average molecular weight is 453 g/mol. The molecule has 0 saturated heterocycles. The zero-order valence-corrected chi connectivity index (χ0v) is 18.3. The molecule has 1 aromatic carbocycles. The third-order valence-electron chi connectivity index (χ3n) is 4.59. The summed E-state index contributed by atoms with van der Waals surface area (Å²) in [7, 11) is -2.15. The second kappa shape index (κ2) is 6.84. The Hall–Kier alpha value is -1.94. The molecular weight excluding hydrogens is 436 g/mol. The zero-order chi connectivity index (χ0) is 20.1. The SMILES string of the molecule is CN1C(N)=N[C@](C)(c2sc(-c3ccc(-c4nccs4)cc3)cc2Cl)CS1(=O)=O. The second-order valence-corrected chi connectivity index (χ2v) is 11.0. The number of thiophene rings is 1. The quantitative estimate of drug-likeness (QED) is 0.650. The fourth-order valence-corrected chi connectivity index (χ4v) is 6.90. The number of rotatable bonds is 3. The standard InChI is InChI=1S/C18H17ClN4O2S3/c1-18(10-28(24,25)23(2)17(20)22-18)15-13(19)9-14(27-15)11-3-5-12(6-4-11)16-21-7-8-26-16/h3-9H,10H2,1-2H3,(H2,20,22)/t18-/m0/s1. The lowest BCUT2D eigenvalue weighted by Crippen LogP contribution is -2.50. The van der Waals surface area contributed by atoms with Gasteiger partial charge in [0.25, 0.3) is 0 Å². The van der Waals surface area contributed by atoms with Crippen molar-refractivity contribution in [3.05, 3.63) is 51.8 Å². The minimum absolute atomic E-state index is 0.0347. The highest BCUT2D eigenvalue weighted by Gasteiger charge is 2.42. The molecule has 3 aromatic rings. The van der Waals surface area contributed by atoms with Crippen LogP contribution in [0.3, 0.4) is 0 Å². The summed E-state index contributed by atoms with van der Waals surface area (Å²) in [6.45, 7) is 1.75. The molecule has 3 heterocycles. The normalized spacial score (nSPS) is 21.5. The molecule has 1 aliphatic heterocycles. The summed E-state index contributed by atoms with van der Waals surface area (Å²) in [5, 5.41) is 3.39. The van der Waals surface area contributed by atoms with E-state index in [1.807, 2.05) is 35.7 Å². The van der Waals surface area contributed by atoms with Crippen LogP contribution in [-0.4, -0.2) is 36.5 Å². The first kappa shape index (κ1) is 19.4. The van der Waals surface area contributed by atoms with Crippen LogP contribution in [0.1, 0.15) is 11.8 Å². The summed E-state index contributed by atoms with van der Waals surface area (Å²) in [5.74, 6) is -0.215. The molecule has 1 atom stereocenters. The molecule has 0 amide bonds. The Bertz CT molecular complexity index is 1150. The Morgan fingerprint density at radius 1 is 1.25 bits per heavy atom. The van der Waals surface area contributed by atoms with Gasteiger partial charge in [0.1, 0.15) is 10.5 Å². The summed E-state index contributed by atoms with van der Waals surface area (Å²) in [6, 6.07) is 9.89. The summed E-state index contributed by atoms with van der Waals surface area (Å²) in [6.07, 6.45) is 1.78. The fraction of sp³-hybridized carbons (Fsp3) is 0.222.